The number of rotatable bonds is 1. The van der Waals surface area contributed by atoms with Gasteiger partial charge < -0.3 is 15.2 Å². The molecule has 3 nitrogen and oxygen atoms in total. The first-order valence-corrected chi connectivity index (χ1v) is 7.49. The molecule has 3 rings (SSSR count). The molecule has 2 unspecified atom stereocenters. The fourth-order valence-electron chi connectivity index (χ4n) is 4.06. The lowest BCUT2D eigenvalue weighted by Crippen LogP contribution is -2.56. The Kier molecular flexibility index (Phi) is 3.02. The van der Waals surface area contributed by atoms with E-state index in [1.165, 1.54) is 11.1 Å². The van der Waals surface area contributed by atoms with Crippen molar-refractivity contribution in [3.63, 3.8) is 0 Å². The monoisotopic (exact) mass is 275 g/mol. The summed E-state index contributed by atoms with van der Waals surface area (Å²) in [4.78, 5) is 0. The summed E-state index contributed by atoms with van der Waals surface area (Å²) in [5, 5.41) is 15.0. The van der Waals surface area contributed by atoms with Crippen LogP contribution in [0.5, 0.6) is 0 Å². The third kappa shape index (κ3) is 2.00. The van der Waals surface area contributed by atoms with Crippen molar-refractivity contribution in [3.8, 4) is 0 Å². The molecule has 0 radical (unpaired) electrons. The average molecular weight is 275 g/mol. The maximum Gasteiger partial charge on any atom is 0.115 e. The quantitative estimate of drug-likeness (QED) is 0.828. The molecule has 2 aliphatic rings. The number of benzene rings is 1. The summed E-state index contributed by atoms with van der Waals surface area (Å²) in [6.07, 6.45) is 1.66. The van der Waals surface area contributed by atoms with E-state index >= 15 is 0 Å². The normalized spacial score (nSPS) is 34.8. The van der Waals surface area contributed by atoms with Gasteiger partial charge in [-0.25, -0.2) is 0 Å². The maximum absolute atomic E-state index is 11.4. The van der Waals surface area contributed by atoms with Crippen LogP contribution in [0.15, 0.2) is 24.3 Å². The van der Waals surface area contributed by atoms with E-state index in [0.29, 0.717) is 6.42 Å². The van der Waals surface area contributed by atoms with Crippen molar-refractivity contribution in [1.82, 2.24) is 5.32 Å². The van der Waals surface area contributed by atoms with Crippen LogP contribution >= 0.6 is 0 Å². The second-order valence-electron chi connectivity index (χ2n) is 7.31. The highest BCUT2D eigenvalue weighted by molar-refractivity contribution is 5.36. The molecule has 3 heteroatoms. The van der Waals surface area contributed by atoms with E-state index in [4.69, 9.17) is 4.74 Å². The molecule has 2 aliphatic heterocycles. The van der Waals surface area contributed by atoms with Crippen molar-refractivity contribution in [2.45, 2.75) is 63.4 Å². The standard InChI is InChI=1S/C17H25NO2/c1-15(2)11-17(19,16(3,4)20-15)14-13-8-6-5-7-12(13)9-10-18-14/h5-8,14,18-19H,9-11H2,1-4H3. The molecule has 0 amide bonds. The Balaban J connectivity index is 2.05. The van der Waals surface area contributed by atoms with Crippen molar-refractivity contribution in [1.29, 1.82) is 0 Å². The van der Waals surface area contributed by atoms with Crippen LogP contribution in [0, 0.1) is 0 Å². The Bertz CT molecular complexity index is 523. The van der Waals surface area contributed by atoms with Crippen LogP contribution in [-0.2, 0) is 11.2 Å². The molecule has 1 aromatic carbocycles. The first-order chi connectivity index (χ1) is 9.25. The van der Waals surface area contributed by atoms with Crippen molar-refractivity contribution in [3.05, 3.63) is 35.4 Å². The van der Waals surface area contributed by atoms with E-state index in [0.717, 1.165) is 13.0 Å². The highest BCUT2D eigenvalue weighted by Gasteiger charge is 2.60. The molecule has 1 fully saturated rings. The lowest BCUT2D eigenvalue weighted by Gasteiger charge is -2.44. The highest BCUT2D eigenvalue weighted by Crippen LogP contribution is 2.51. The van der Waals surface area contributed by atoms with Crippen LogP contribution < -0.4 is 5.32 Å². The number of fused-ring (bicyclic) bond motifs is 1. The van der Waals surface area contributed by atoms with E-state index < -0.39 is 11.2 Å². The summed E-state index contributed by atoms with van der Waals surface area (Å²) in [6.45, 7) is 9.02. The van der Waals surface area contributed by atoms with Crippen LogP contribution in [0.25, 0.3) is 0 Å². The van der Waals surface area contributed by atoms with E-state index in [1.807, 2.05) is 13.8 Å². The Morgan fingerprint density at radius 3 is 2.55 bits per heavy atom. The summed E-state index contributed by atoms with van der Waals surface area (Å²) >= 11 is 0. The smallest absolute Gasteiger partial charge is 0.115 e. The van der Waals surface area contributed by atoms with Gasteiger partial charge in [-0.1, -0.05) is 24.3 Å². The van der Waals surface area contributed by atoms with Gasteiger partial charge in [0.1, 0.15) is 5.60 Å². The fourth-order valence-corrected chi connectivity index (χ4v) is 4.06. The molecule has 0 aliphatic carbocycles. The Morgan fingerprint density at radius 2 is 1.90 bits per heavy atom. The van der Waals surface area contributed by atoms with Crippen LogP contribution in [0.1, 0.15) is 51.3 Å². The first-order valence-electron chi connectivity index (χ1n) is 7.49. The largest absolute Gasteiger partial charge is 0.385 e. The highest BCUT2D eigenvalue weighted by atomic mass is 16.5. The molecule has 2 N–H and O–H groups in total. The van der Waals surface area contributed by atoms with Crippen LogP contribution in [0.2, 0.25) is 0 Å². The topological polar surface area (TPSA) is 41.5 Å². The van der Waals surface area contributed by atoms with Gasteiger partial charge in [-0.05, 0) is 51.8 Å². The molecule has 1 aromatic rings. The number of ether oxygens (including phenoxy) is 1. The second-order valence-corrected chi connectivity index (χ2v) is 7.31. The number of nitrogens with one attached hydrogen (secondary N) is 1. The van der Waals surface area contributed by atoms with Crippen molar-refractivity contribution in [2.24, 2.45) is 0 Å². The first kappa shape index (κ1) is 14.1. The summed E-state index contributed by atoms with van der Waals surface area (Å²) in [5.41, 5.74) is 0.790. The Hall–Kier alpha value is -0.900. The van der Waals surface area contributed by atoms with E-state index in [-0.39, 0.29) is 11.6 Å². The van der Waals surface area contributed by atoms with Crippen molar-refractivity contribution < 1.29 is 9.84 Å². The SMILES string of the molecule is CC1(C)CC(O)(C2NCCc3ccccc32)C(C)(C)O1. The third-order valence-corrected chi connectivity index (χ3v) is 4.86. The van der Waals surface area contributed by atoms with Gasteiger partial charge in [0.25, 0.3) is 0 Å². The molecule has 0 saturated carbocycles. The minimum absolute atomic E-state index is 0.0655. The molecule has 2 atom stereocenters. The number of aliphatic hydroxyl groups is 1. The van der Waals surface area contributed by atoms with Crippen LogP contribution in [0.3, 0.4) is 0 Å². The minimum Gasteiger partial charge on any atom is -0.385 e. The minimum atomic E-state index is -0.896. The second kappa shape index (κ2) is 4.30. The lowest BCUT2D eigenvalue weighted by molar-refractivity contribution is -0.139. The van der Waals surface area contributed by atoms with E-state index in [9.17, 15) is 5.11 Å². The molecule has 2 heterocycles. The zero-order valence-corrected chi connectivity index (χ0v) is 12.9. The average Bonchev–Trinajstić information content (AvgIpc) is 2.53. The number of hydrogen-bond donors (Lipinski definition) is 2. The molecule has 110 valence electrons. The van der Waals surface area contributed by atoms with Gasteiger partial charge in [0.15, 0.2) is 0 Å². The molecule has 1 saturated heterocycles. The summed E-state index contributed by atoms with van der Waals surface area (Å²) in [7, 11) is 0. The van der Waals surface area contributed by atoms with Gasteiger partial charge >= 0.3 is 0 Å². The zero-order valence-electron chi connectivity index (χ0n) is 12.9. The van der Waals surface area contributed by atoms with Crippen LogP contribution in [-0.4, -0.2) is 28.5 Å². The molecule has 0 aromatic heterocycles. The lowest BCUT2D eigenvalue weighted by atomic mass is 9.72. The Morgan fingerprint density at radius 1 is 1.20 bits per heavy atom. The summed E-state index contributed by atoms with van der Waals surface area (Å²) in [6, 6.07) is 8.36. The van der Waals surface area contributed by atoms with Gasteiger partial charge in [-0.15, -0.1) is 0 Å². The predicted molar refractivity (Wildman–Crippen MR) is 79.7 cm³/mol. The maximum atomic E-state index is 11.4. The van der Waals surface area contributed by atoms with Gasteiger partial charge in [-0.2, -0.15) is 0 Å². The molecular formula is C17H25NO2. The van der Waals surface area contributed by atoms with Gasteiger partial charge in [0.2, 0.25) is 0 Å². The molecule has 0 spiro atoms. The zero-order chi connectivity index (χ0) is 14.6. The molecular weight excluding hydrogens is 250 g/mol. The number of hydrogen-bond acceptors (Lipinski definition) is 3. The van der Waals surface area contributed by atoms with E-state index in [2.05, 4.69) is 43.4 Å². The predicted octanol–water partition coefficient (Wildman–Crippen LogP) is 2.58. The molecule has 20 heavy (non-hydrogen) atoms. The van der Waals surface area contributed by atoms with Crippen molar-refractivity contribution >= 4 is 0 Å². The van der Waals surface area contributed by atoms with Crippen molar-refractivity contribution in [2.75, 3.05) is 6.54 Å². The summed E-state index contributed by atoms with van der Waals surface area (Å²) < 4.78 is 6.13. The summed E-state index contributed by atoms with van der Waals surface area (Å²) in [5.74, 6) is 0. The van der Waals surface area contributed by atoms with Gasteiger partial charge in [0, 0.05) is 6.42 Å². The van der Waals surface area contributed by atoms with E-state index in [1.54, 1.807) is 0 Å². The third-order valence-electron chi connectivity index (χ3n) is 4.86. The Labute approximate surface area is 121 Å². The fraction of sp³-hybridized carbons (Fsp3) is 0.647. The van der Waals surface area contributed by atoms with Gasteiger partial charge in [-0.3, -0.25) is 0 Å². The van der Waals surface area contributed by atoms with Gasteiger partial charge in [0.05, 0.1) is 17.2 Å². The molecule has 0 bridgehead atoms. The van der Waals surface area contributed by atoms with Crippen LogP contribution in [0.4, 0.5) is 0 Å².